The van der Waals surface area contributed by atoms with Crippen LogP contribution in [-0.2, 0) is 6.42 Å². The van der Waals surface area contributed by atoms with Crippen LogP contribution in [0.5, 0.6) is 11.5 Å². The minimum atomic E-state index is -2.34. The lowest BCUT2D eigenvalue weighted by Crippen LogP contribution is -2.41. The van der Waals surface area contributed by atoms with Crippen molar-refractivity contribution in [3.63, 3.8) is 0 Å². The molecule has 0 radical (unpaired) electrons. The van der Waals surface area contributed by atoms with Crippen LogP contribution >= 0.6 is 11.6 Å². The standard InChI is InChI=1S/C24H17ClF5NO3/c1-33-15-9-11-7-8-31(24(32)17-18(26)20(28)22(30)21(29)19(17)27)23(13(11)10-16(15)34-2)12-5-3-4-6-14(12)25/h3-6,9-10,23H,7-8H2,1-2H3/t23-/m1/s1. The SMILES string of the molecule is COc1cc2c(cc1OC)[C@@H](c1ccccc1Cl)N(C(=O)c1c(F)c(F)c(F)c(F)c1F)CC2. The molecule has 1 aliphatic heterocycles. The van der Waals surface area contributed by atoms with Crippen LogP contribution < -0.4 is 9.47 Å². The minimum absolute atomic E-state index is 0.0866. The van der Waals surface area contributed by atoms with Gasteiger partial charge in [0.15, 0.2) is 34.8 Å². The van der Waals surface area contributed by atoms with Gasteiger partial charge in [-0.2, -0.15) is 0 Å². The van der Waals surface area contributed by atoms with Gasteiger partial charge in [-0.05, 0) is 41.3 Å². The Bertz CT molecular complexity index is 1270. The molecule has 3 aromatic carbocycles. The van der Waals surface area contributed by atoms with Gasteiger partial charge in [0.05, 0.1) is 20.3 Å². The molecule has 0 aromatic heterocycles. The van der Waals surface area contributed by atoms with Gasteiger partial charge in [-0.25, -0.2) is 22.0 Å². The van der Waals surface area contributed by atoms with E-state index in [1.165, 1.54) is 14.2 Å². The predicted molar refractivity (Wildman–Crippen MR) is 114 cm³/mol. The summed E-state index contributed by atoms with van der Waals surface area (Å²) >= 11 is 6.39. The van der Waals surface area contributed by atoms with Gasteiger partial charge in [0.1, 0.15) is 5.56 Å². The summed E-state index contributed by atoms with van der Waals surface area (Å²) in [7, 11) is 2.87. The Kier molecular flexibility index (Phi) is 6.40. The van der Waals surface area contributed by atoms with Crippen molar-refractivity contribution in [3.05, 3.63) is 92.8 Å². The van der Waals surface area contributed by atoms with Gasteiger partial charge in [-0.3, -0.25) is 4.79 Å². The quantitative estimate of drug-likeness (QED) is 0.258. The van der Waals surface area contributed by atoms with E-state index in [-0.39, 0.29) is 18.0 Å². The van der Waals surface area contributed by atoms with E-state index in [9.17, 15) is 26.7 Å². The number of methoxy groups -OCH3 is 2. The molecule has 1 aliphatic rings. The van der Waals surface area contributed by atoms with Gasteiger partial charge in [-0.1, -0.05) is 29.8 Å². The second kappa shape index (κ2) is 9.13. The summed E-state index contributed by atoms with van der Waals surface area (Å²) in [5, 5.41) is 0.241. The van der Waals surface area contributed by atoms with Gasteiger partial charge < -0.3 is 14.4 Å². The zero-order chi connectivity index (χ0) is 24.7. The van der Waals surface area contributed by atoms with E-state index in [0.29, 0.717) is 22.6 Å². The number of halogens is 6. The third kappa shape index (κ3) is 3.73. The van der Waals surface area contributed by atoms with Crippen molar-refractivity contribution in [2.45, 2.75) is 12.5 Å². The number of hydrogen-bond donors (Lipinski definition) is 0. The number of hydrogen-bond acceptors (Lipinski definition) is 3. The van der Waals surface area contributed by atoms with Gasteiger partial charge in [0.2, 0.25) is 5.82 Å². The van der Waals surface area contributed by atoms with E-state index >= 15 is 0 Å². The molecule has 0 N–H and O–H groups in total. The molecule has 0 saturated heterocycles. The van der Waals surface area contributed by atoms with Crippen molar-refractivity contribution in [2.75, 3.05) is 20.8 Å². The molecule has 0 aliphatic carbocycles. The monoisotopic (exact) mass is 497 g/mol. The van der Waals surface area contributed by atoms with Crippen LogP contribution in [0.2, 0.25) is 5.02 Å². The maximum atomic E-state index is 14.5. The molecule has 3 aromatic rings. The molecule has 4 nitrogen and oxygen atoms in total. The van der Waals surface area contributed by atoms with Crippen molar-refractivity contribution >= 4 is 17.5 Å². The number of carbonyl (C=O) groups is 1. The number of fused-ring (bicyclic) bond motifs is 1. The maximum absolute atomic E-state index is 14.5. The summed E-state index contributed by atoms with van der Waals surface area (Å²) < 4.78 is 80.9. The molecule has 10 heteroatoms. The number of benzene rings is 3. The Morgan fingerprint density at radius 1 is 0.882 bits per heavy atom. The lowest BCUT2D eigenvalue weighted by atomic mass is 9.87. The highest BCUT2D eigenvalue weighted by molar-refractivity contribution is 6.31. The molecule has 0 bridgehead atoms. The van der Waals surface area contributed by atoms with Crippen LogP contribution in [0, 0.1) is 29.1 Å². The topological polar surface area (TPSA) is 38.8 Å². The molecular formula is C24H17ClF5NO3. The molecule has 34 heavy (non-hydrogen) atoms. The van der Waals surface area contributed by atoms with E-state index in [1.54, 1.807) is 36.4 Å². The van der Waals surface area contributed by atoms with Crippen LogP contribution in [0.4, 0.5) is 22.0 Å². The van der Waals surface area contributed by atoms with Crippen molar-refractivity contribution in [3.8, 4) is 11.5 Å². The normalized spacial score (nSPS) is 15.2. The Morgan fingerprint density at radius 3 is 2.03 bits per heavy atom. The summed E-state index contributed by atoms with van der Waals surface area (Å²) in [5.41, 5.74) is 0.116. The minimum Gasteiger partial charge on any atom is -0.493 e. The fraction of sp³-hybridized carbons (Fsp3) is 0.208. The molecule has 0 spiro atoms. The first kappa shape index (κ1) is 23.8. The maximum Gasteiger partial charge on any atom is 0.260 e. The van der Waals surface area contributed by atoms with Crippen molar-refractivity contribution < 1.29 is 36.2 Å². The molecule has 0 unspecified atom stereocenters. The Balaban J connectivity index is 1.94. The van der Waals surface area contributed by atoms with Crippen LogP contribution in [-0.4, -0.2) is 31.6 Å². The molecule has 1 heterocycles. The van der Waals surface area contributed by atoms with Gasteiger partial charge in [0.25, 0.3) is 5.91 Å². The smallest absolute Gasteiger partial charge is 0.260 e. The summed E-state index contributed by atoms with van der Waals surface area (Å²) in [5.74, 6) is -11.7. The molecule has 0 saturated carbocycles. The lowest BCUT2D eigenvalue weighted by Gasteiger charge is -2.38. The summed E-state index contributed by atoms with van der Waals surface area (Å²) in [4.78, 5) is 14.4. The first-order valence-corrected chi connectivity index (χ1v) is 10.4. The highest BCUT2D eigenvalue weighted by Gasteiger charge is 2.39. The number of rotatable bonds is 4. The zero-order valence-electron chi connectivity index (χ0n) is 17.9. The van der Waals surface area contributed by atoms with E-state index < -0.39 is 46.6 Å². The van der Waals surface area contributed by atoms with E-state index in [0.717, 1.165) is 10.5 Å². The Hall–Kier alpha value is -3.33. The third-order valence-corrected chi connectivity index (χ3v) is 6.10. The van der Waals surface area contributed by atoms with E-state index in [2.05, 4.69) is 0 Å². The summed E-state index contributed by atoms with van der Waals surface area (Å²) in [6.45, 7) is -0.0866. The second-order valence-electron chi connectivity index (χ2n) is 7.52. The number of ether oxygens (including phenoxy) is 2. The average Bonchev–Trinajstić information content (AvgIpc) is 2.85. The fourth-order valence-electron chi connectivity index (χ4n) is 4.13. The van der Waals surface area contributed by atoms with Gasteiger partial charge >= 0.3 is 0 Å². The van der Waals surface area contributed by atoms with Crippen molar-refractivity contribution in [2.24, 2.45) is 0 Å². The van der Waals surface area contributed by atoms with Crippen LogP contribution in [0.1, 0.15) is 33.1 Å². The van der Waals surface area contributed by atoms with Crippen LogP contribution in [0.3, 0.4) is 0 Å². The molecule has 1 amide bonds. The lowest BCUT2D eigenvalue weighted by molar-refractivity contribution is 0.0680. The Morgan fingerprint density at radius 2 is 1.44 bits per heavy atom. The van der Waals surface area contributed by atoms with Crippen molar-refractivity contribution in [1.82, 2.24) is 4.90 Å². The summed E-state index contributed by atoms with van der Waals surface area (Å²) in [6, 6.07) is 8.78. The molecular weight excluding hydrogens is 481 g/mol. The number of amides is 1. The van der Waals surface area contributed by atoms with Gasteiger partial charge in [0, 0.05) is 11.6 Å². The summed E-state index contributed by atoms with van der Waals surface area (Å²) in [6.07, 6.45) is 0.220. The Labute approximate surface area is 196 Å². The van der Waals surface area contributed by atoms with Crippen molar-refractivity contribution in [1.29, 1.82) is 0 Å². The predicted octanol–water partition coefficient (Wildman–Crippen LogP) is 5.84. The highest BCUT2D eigenvalue weighted by Crippen LogP contribution is 2.43. The first-order chi connectivity index (χ1) is 16.2. The third-order valence-electron chi connectivity index (χ3n) is 5.76. The number of carbonyl (C=O) groups excluding carboxylic acids is 1. The molecule has 0 fully saturated rings. The van der Waals surface area contributed by atoms with E-state index in [1.807, 2.05) is 0 Å². The van der Waals surface area contributed by atoms with Crippen LogP contribution in [0.25, 0.3) is 0 Å². The molecule has 4 rings (SSSR count). The molecule has 178 valence electrons. The van der Waals surface area contributed by atoms with E-state index in [4.69, 9.17) is 21.1 Å². The number of nitrogens with zero attached hydrogens (tertiary/aromatic N) is 1. The first-order valence-electron chi connectivity index (χ1n) is 10.0. The zero-order valence-corrected chi connectivity index (χ0v) is 18.7. The fourth-order valence-corrected chi connectivity index (χ4v) is 4.37. The van der Waals surface area contributed by atoms with Crippen LogP contribution in [0.15, 0.2) is 36.4 Å². The van der Waals surface area contributed by atoms with Gasteiger partial charge in [-0.15, -0.1) is 0 Å². The highest BCUT2D eigenvalue weighted by atomic mass is 35.5. The molecule has 1 atom stereocenters. The average molecular weight is 498 g/mol. The largest absolute Gasteiger partial charge is 0.493 e. The second-order valence-corrected chi connectivity index (χ2v) is 7.93.